The number of alkyl halides is 1. The highest BCUT2D eigenvalue weighted by Gasteiger charge is 2.24. The summed E-state index contributed by atoms with van der Waals surface area (Å²) in [5.74, 6) is 2.76. The van der Waals surface area contributed by atoms with Gasteiger partial charge in [0, 0.05) is 36.4 Å². The molecule has 15 heavy (non-hydrogen) atoms. The fraction of sp³-hybridized carbons (Fsp3) is 0.800. The predicted molar refractivity (Wildman–Crippen MR) is 65.0 cm³/mol. The third-order valence-electron chi connectivity index (χ3n) is 2.72. The van der Waals surface area contributed by atoms with Crippen molar-refractivity contribution >= 4 is 28.3 Å². The number of rotatable bonds is 3. The number of anilines is 1. The van der Waals surface area contributed by atoms with Crippen LogP contribution in [0.1, 0.15) is 32.0 Å². The number of halogens is 1. The summed E-state index contributed by atoms with van der Waals surface area (Å²) in [5, 5.41) is 1.06. The number of hydrogen-bond acceptors (Lipinski definition) is 4. The van der Waals surface area contributed by atoms with Gasteiger partial charge in [-0.1, -0.05) is 13.8 Å². The third kappa shape index (κ3) is 2.42. The molecule has 2 rings (SSSR count). The standard InChI is InChI=1S/C10H16ClN3S/c1-7(2)9-12-10(15-13-9)14-4-3-8(5-11)6-14/h7-8H,3-6H2,1-2H3. The molecule has 1 aliphatic rings. The van der Waals surface area contributed by atoms with Crippen LogP contribution in [-0.2, 0) is 0 Å². The van der Waals surface area contributed by atoms with Gasteiger partial charge in [-0.3, -0.25) is 0 Å². The number of aromatic nitrogens is 2. The van der Waals surface area contributed by atoms with Gasteiger partial charge < -0.3 is 4.90 Å². The van der Waals surface area contributed by atoms with Crippen molar-refractivity contribution in [2.75, 3.05) is 23.9 Å². The maximum absolute atomic E-state index is 5.86. The zero-order valence-electron chi connectivity index (χ0n) is 9.11. The Morgan fingerprint density at radius 3 is 2.93 bits per heavy atom. The van der Waals surface area contributed by atoms with E-state index in [1.165, 1.54) is 18.0 Å². The Kier molecular flexibility index (Phi) is 3.46. The van der Waals surface area contributed by atoms with Crippen LogP contribution in [0.15, 0.2) is 0 Å². The molecular weight excluding hydrogens is 230 g/mol. The maximum atomic E-state index is 5.86. The molecule has 1 aromatic heterocycles. The summed E-state index contributed by atoms with van der Waals surface area (Å²) in [6.45, 7) is 6.36. The van der Waals surface area contributed by atoms with Gasteiger partial charge in [0.2, 0.25) is 5.13 Å². The van der Waals surface area contributed by atoms with E-state index in [0.717, 1.165) is 29.9 Å². The summed E-state index contributed by atoms with van der Waals surface area (Å²) in [6, 6.07) is 0. The topological polar surface area (TPSA) is 29.0 Å². The normalized spacial score (nSPS) is 21.6. The van der Waals surface area contributed by atoms with Crippen LogP contribution in [0.2, 0.25) is 0 Å². The van der Waals surface area contributed by atoms with Crippen LogP contribution in [0.25, 0.3) is 0 Å². The van der Waals surface area contributed by atoms with Crippen molar-refractivity contribution in [3.63, 3.8) is 0 Å². The summed E-state index contributed by atoms with van der Waals surface area (Å²) in [5.41, 5.74) is 0. The van der Waals surface area contributed by atoms with Crippen LogP contribution < -0.4 is 4.90 Å². The quantitative estimate of drug-likeness (QED) is 0.767. The first-order valence-electron chi connectivity index (χ1n) is 5.35. The smallest absolute Gasteiger partial charge is 0.205 e. The summed E-state index contributed by atoms with van der Waals surface area (Å²) in [6.07, 6.45) is 1.18. The first-order chi connectivity index (χ1) is 7.20. The summed E-state index contributed by atoms with van der Waals surface area (Å²) < 4.78 is 4.37. The Balaban J connectivity index is 2.04. The molecule has 3 nitrogen and oxygen atoms in total. The Bertz CT molecular complexity index is 326. The minimum absolute atomic E-state index is 0.418. The first kappa shape index (κ1) is 11.1. The second-order valence-corrected chi connectivity index (χ2v) is 5.38. The molecule has 0 aromatic carbocycles. The van der Waals surface area contributed by atoms with Crippen LogP contribution in [0.3, 0.4) is 0 Å². The largest absolute Gasteiger partial charge is 0.347 e. The summed E-state index contributed by atoms with van der Waals surface area (Å²) in [7, 11) is 0. The van der Waals surface area contributed by atoms with E-state index in [1.54, 1.807) is 0 Å². The van der Waals surface area contributed by atoms with Crippen molar-refractivity contribution in [3.05, 3.63) is 5.82 Å². The average Bonchev–Trinajstić information content (AvgIpc) is 2.86. The van der Waals surface area contributed by atoms with Gasteiger partial charge >= 0.3 is 0 Å². The predicted octanol–water partition coefficient (Wildman–Crippen LogP) is 2.73. The lowest BCUT2D eigenvalue weighted by atomic mass is 10.2. The zero-order chi connectivity index (χ0) is 10.8. The van der Waals surface area contributed by atoms with Gasteiger partial charge in [0.05, 0.1) is 0 Å². The SMILES string of the molecule is CC(C)c1nsc(N2CCC(CCl)C2)n1. The molecule has 1 aliphatic heterocycles. The van der Waals surface area contributed by atoms with Crippen molar-refractivity contribution in [2.45, 2.75) is 26.2 Å². The van der Waals surface area contributed by atoms with Crippen LogP contribution in [0.5, 0.6) is 0 Å². The molecular formula is C10H16ClN3S. The minimum Gasteiger partial charge on any atom is -0.347 e. The van der Waals surface area contributed by atoms with Crippen LogP contribution in [0.4, 0.5) is 5.13 Å². The molecule has 5 heteroatoms. The van der Waals surface area contributed by atoms with Gasteiger partial charge in [-0.2, -0.15) is 4.37 Å². The molecule has 1 fully saturated rings. The molecule has 0 amide bonds. The molecule has 0 radical (unpaired) electrons. The van der Waals surface area contributed by atoms with E-state index in [2.05, 4.69) is 28.1 Å². The van der Waals surface area contributed by atoms with Crippen molar-refractivity contribution in [2.24, 2.45) is 5.92 Å². The van der Waals surface area contributed by atoms with Crippen molar-refractivity contribution in [1.29, 1.82) is 0 Å². The number of hydrogen-bond donors (Lipinski definition) is 0. The van der Waals surface area contributed by atoms with Gasteiger partial charge in [-0.05, 0) is 12.3 Å². The minimum atomic E-state index is 0.418. The molecule has 1 saturated heterocycles. The van der Waals surface area contributed by atoms with Gasteiger partial charge in [0.15, 0.2) is 0 Å². The van der Waals surface area contributed by atoms with Gasteiger partial charge in [-0.15, -0.1) is 11.6 Å². The Labute approximate surface area is 99.6 Å². The van der Waals surface area contributed by atoms with Crippen molar-refractivity contribution < 1.29 is 0 Å². The van der Waals surface area contributed by atoms with Crippen LogP contribution in [-0.4, -0.2) is 28.3 Å². The summed E-state index contributed by atoms with van der Waals surface area (Å²) in [4.78, 5) is 6.85. The molecule has 1 aromatic rings. The van der Waals surface area contributed by atoms with Crippen molar-refractivity contribution in [3.8, 4) is 0 Å². The molecule has 0 bridgehead atoms. The fourth-order valence-corrected chi connectivity index (χ4v) is 2.82. The van der Waals surface area contributed by atoms with Gasteiger partial charge in [-0.25, -0.2) is 4.98 Å². The van der Waals surface area contributed by atoms with E-state index in [1.807, 2.05) is 0 Å². The monoisotopic (exact) mass is 245 g/mol. The first-order valence-corrected chi connectivity index (χ1v) is 6.66. The second kappa shape index (κ2) is 4.66. The average molecular weight is 246 g/mol. The number of nitrogens with zero attached hydrogens (tertiary/aromatic N) is 3. The van der Waals surface area contributed by atoms with Crippen molar-refractivity contribution in [1.82, 2.24) is 9.36 Å². The van der Waals surface area contributed by atoms with Crippen LogP contribution >= 0.6 is 23.1 Å². The van der Waals surface area contributed by atoms with E-state index in [4.69, 9.17) is 11.6 Å². The summed E-state index contributed by atoms with van der Waals surface area (Å²) >= 11 is 7.37. The molecule has 0 saturated carbocycles. The van der Waals surface area contributed by atoms with E-state index in [9.17, 15) is 0 Å². The van der Waals surface area contributed by atoms with Gasteiger partial charge in [0.1, 0.15) is 5.82 Å². The molecule has 0 spiro atoms. The molecule has 84 valence electrons. The highest BCUT2D eigenvalue weighted by molar-refractivity contribution is 7.09. The zero-order valence-corrected chi connectivity index (χ0v) is 10.7. The Morgan fingerprint density at radius 2 is 2.40 bits per heavy atom. The van der Waals surface area contributed by atoms with E-state index < -0.39 is 0 Å². The highest BCUT2D eigenvalue weighted by Crippen LogP contribution is 2.27. The Hall–Kier alpha value is -0.350. The molecule has 1 unspecified atom stereocenters. The molecule has 0 aliphatic carbocycles. The van der Waals surface area contributed by atoms with E-state index in [0.29, 0.717) is 11.8 Å². The second-order valence-electron chi connectivity index (χ2n) is 4.34. The van der Waals surface area contributed by atoms with Gasteiger partial charge in [0.25, 0.3) is 0 Å². The lowest BCUT2D eigenvalue weighted by Gasteiger charge is -2.13. The molecule has 2 heterocycles. The Morgan fingerprint density at radius 1 is 1.60 bits per heavy atom. The molecule has 0 N–H and O–H groups in total. The van der Waals surface area contributed by atoms with E-state index in [-0.39, 0.29) is 0 Å². The lowest BCUT2D eigenvalue weighted by molar-refractivity contribution is 0.666. The highest BCUT2D eigenvalue weighted by atomic mass is 35.5. The third-order valence-corrected chi connectivity index (χ3v) is 3.95. The lowest BCUT2D eigenvalue weighted by Crippen LogP contribution is -2.19. The fourth-order valence-electron chi connectivity index (χ4n) is 1.72. The van der Waals surface area contributed by atoms with E-state index >= 15 is 0 Å². The van der Waals surface area contributed by atoms with Crippen LogP contribution in [0, 0.1) is 5.92 Å². The maximum Gasteiger partial charge on any atom is 0.205 e. The molecule has 1 atom stereocenters.